The first-order valence-corrected chi connectivity index (χ1v) is 7.96. The maximum Gasteiger partial charge on any atom is 0.149 e. The summed E-state index contributed by atoms with van der Waals surface area (Å²) in [6.45, 7) is 5.26. The third-order valence-electron chi connectivity index (χ3n) is 4.23. The minimum atomic E-state index is 0.348. The zero-order valence-electron chi connectivity index (χ0n) is 10.8. The molecule has 1 atom stereocenters. The van der Waals surface area contributed by atoms with Gasteiger partial charge in [-0.15, -0.1) is 0 Å². The number of likely N-dealkylation sites (tertiary alicyclic amines) is 1. The molecule has 0 aromatic carbocycles. The third-order valence-corrected chi connectivity index (χ3v) is 5.15. The Morgan fingerprint density at radius 2 is 1.94 bits per heavy atom. The van der Waals surface area contributed by atoms with Crippen LogP contribution in [0.2, 0.25) is 0 Å². The fourth-order valence-corrected chi connectivity index (χ4v) is 3.68. The van der Waals surface area contributed by atoms with Crippen molar-refractivity contribution in [3.05, 3.63) is 0 Å². The fraction of sp³-hybridized carbons (Fsp3) is 0.929. The lowest BCUT2D eigenvalue weighted by molar-refractivity contribution is -0.125. The summed E-state index contributed by atoms with van der Waals surface area (Å²) >= 11 is 3.65. The van der Waals surface area contributed by atoms with E-state index in [2.05, 4.69) is 27.8 Å². The van der Waals surface area contributed by atoms with Crippen LogP contribution in [0.25, 0.3) is 0 Å². The van der Waals surface area contributed by atoms with Crippen LogP contribution in [0, 0.1) is 11.8 Å². The lowest BCUT2D eigenvalue weighted by Crippen LogP contribution is -2.40. The van der Waals surface area contributed by atoms with Crippen molar-refractivity contribution in [1.82, 2.24) is 4.90 Å². The lowest BCUT2D eigenvalue weighted by Gasteiger charge is -2.32. The Bertz CT molecular complexity index is 261. The zero-order chi connectivity index (χ0) is 12.3. The number of piperidine rings is 1. The number of rotatable bonds is 3. The van der Waals surface area contributed by atoms with Gasteiger partial charge in [0.1, 0.15) is 5.78 Å². The van der Waals surface area contributed by atoms with Crippen LogP contribution >= 0.6 is 15.9 Å². The van der Waals surface area contributed by atoms with Crippen LogP contribution in [0.4, 0.5) is 0 Å². The van der Waals surface area contributed by atoms with E-state index in [1.807, 2.05) is 0 Å². The average Bonchev–Trinajstić information content (AvgIpc) is 2.29. The van der Waals surface area contributed by atoms with E-state index < -0.39 is 0 Å². The van der Waals surface area contributed by atoms with Crippen molar-refractivity contribution < 1.29 is 4.79 Å². The van der Waals surface area contributed by atoms with Gasteiger partial charge in [-0.05, 0) is 51.0 Å². The summed E-state index contributed by atoms with van der Waals surface area (Å²) < 4.78 is 0. The van der Waals surface area contributed by atoms with Gasteiger partial charge in [-0.2, -0.15) is 0 Å². The number of halogens is 1. The summed E-state index contributed by atoms with van der Waals surface area (Å²) in [5, 5.41) is 0. The van der Waals surface area contributed by atoms with E-state index in [1.54, 1.807) is 0 Å². The van der Waals surface area contributed by atoms with Gasteiger partial charge >= 0.3 is 0 Å². The van der Waals surface area contributed by atoms with Gasteiger partial charge in [-0.3, -0.25) is 9.69 Å². The minimum Gasteiger partial charge on any atom is -0.298 e. The van der Waals surface area contributed by atoms with Gasteiger partial charge < -0.3 is 0 Å². The van der Waals surface area contributed by atoms with Gasteiger partial charge in [-0.25, -0.2) is 0 Å². The first kappa shape index (κ1) is 13.5. The Balaban J connectivity index is 1.76. The van der Waals surface area contributed by atoms with E-state index >= 15 is 0 Å². The van der Waals surface area contributed by atoms with E-state index in [-0.39, 0.29) is 0 Å². The van der Waals surface area contributed by atoms with Crippen LogP contribution in [0.1, 0.15) is 45.4 Å². The van der Waals surface area contributed by atoms with Crippen LogP contribution in [-0.2, 0) is 4.79 Å². The molecule has 17 heavy (non-hydrogen) atoms. The minimum absolute atomic E-state index is 0.348. The monoisotopic (exact) mass is 301 g/mol. The van der Waals surface area contributed by atoms with Crippen LogP contribution in [0.5, 0.6) is 0 Å². The molecule has 2 aliphatic rings. The quantitative estimate of drug-likeness (QED) is 0.746. The van der Waals surface area contributed by atoms with Crippen LogP contribution < -0.4 is 0 Å². The molecule has 3 heteroatoms. The molecule has 1 saturated carbocycles. The molecule has 0 aromatic heterocycles. The van der Waals surface area contributed by atoms with E-state index in [1.165, 1.54) is 25.7 Å². The Hall–Kier alpha value is 0.110. The normalized spacial score (nSPS) is 35.8. The molecule has 1 unspecified atom stereocenters. The van der Waals surface area contributed by atoms with Crippen molar-refractivity contribution in [3.8, 4) is 0 Å². The van der Waals surface area contributed by atoms with Gasteiger partial charge in [0.15, 0.2) is 0 Å². The molecule has 0 bridgehead atoms. The second-order valence-electron chi connectivity index (χ2n) is 5.90. The van der Waals surface area contributed by atoms with Crippen molar-refractivity contribution in [3.63, 3.8) is 0 Å². The highest BCUT2D eigenvalue weighted by Gasteiger charge is 2.27. The first-order valence-electron chi connectivity index (χ1n) is 7.04. The second kappa shape index (κ2) is 6.33. The smallest absolute Gasteiger partial charge is 0.149 e. The van der Waals surface area contributed by atoms with E-state index in [4.69, 9.17) is 0 Å². The third kappa shape index (κ3) is 4.06. The summed E-state index contributed by atoms with van der Waals surface area (Å²) in [6, 6.07) is 0. The predicted octanol–water partition coefficient (Wildman–Crippen LogP) is 3.24. The van der Waals surface area contributed by atoms with Gasteiger partial charge in [0.2, 0.25) is 0 Å². The van der Waals surface area contributed by atoms with Gasteiger partial charge in [0.25, 0.3) is 0 Å². The number of hydrogen-bond acceptors (Lipinski definition) is 2. The molecule has 0 aromatic rings. The van der Waals surface area contributed by atoms with E-state index in [9.17, 15) is 4.79 Å². The van der Waals surface area contributed by atoms with Crippen molar-refractivity contribution in [1.29, 1.82) is 0 Å². The number of Topliss-reactive ketones (excluding diaryl/α,β-unsaturated/α-hetero) is 1. The molecule has 0 N–H and O–H groups in total. The number of carbonyl (C=O) groups excluding carboxylic acids is 1. The van der Waals surface area contributed by atoms with Crippen molar-refractivity contribution in [2.75, 3.05) is 19.6 Å². The van der Waals surface area contributed by atoms with E-state index in [0.717, 1.165) is 31.8 Å². The molecule has 1 heterocycles. The number of carbonyl (C=O) groups is 1. The number of nitrogens with zero attached hydrogens (tertiary/aromatic N) is 1. The topological polar surface area (TPSA) is 20.3 Å². The van der Waals surface area contributed by atoms with Gasteiger partial charge in [0.05, 0.1) is 6.54 Å². The van der Waals surface area contributed by atoms with E-state index in [0.29, 0.717) is 23.1 Å². The average molecular weight is 302 g/mol. The Morgan fingerprint density at radius 1 is 1.24 bits per heavy atom. The molecule has 2 nitrogen and oxygen atoms in total. The number of alkyl halides is 1. The summed E-state index contributed by atoms with van der Waals surface area (Å²) in [5.74, 6) is 1.62. The Labute approximate surface area is 113 Å². The van der Waals surface area contributed by atoms with Gasteiger partial charge in [0, 0.05) is 17.3 Å². The van der Waals surface area contributed by atoms with Crippen LogP contribution in [-0.4, -0.2) is 35.1 Å². The highest BCUT2D eigenvalue weighted by atomic mass is 79.9. The Morgan fingerprint density at radius 3 is 2.59 bits per heavy atom. The van der Waals surface area contributed by atoms with Crippen molar-refractivity contribution in [2.45, 2.75) is 50.3 Å². The second-order valence-corrected chi connectivity index (χ2v) is 7.19. The molecule has 0 radical (unpaired) electrons. The fourth-order valence-electron chi connectivity index (χ4n) is 3.15. The number of hydrogen-bond donors (Lipinski definition) is 0. The number of ketones is 1. The van der Waals surface area contributed by atoms with Crippen LogP contribution in [0.3, 0.4) is 0 Å². The zero-order valence-corrected chi connectivity index (χ0v) is 12.4. The SMILES string of the molecule is CC1CCCN(CC(=O)C2CCC(Br)CC2)C1. The molecule has 0 spiro atoms. The standard InChI is InChI=1S/C14H24BrNO/c1-11-3-2-8-16(9-11)10-14(17)12-4-6-13(15)7-5-12/h11-13H,2-10H2,1H3. The van der Waals surface area contributed by atoms with Crippen molar-refractivity contribution >= 4 is 21.7 Å². The summed E-state index contributed by atoms with van der Waals surface area (Å²) in [7, 11) is 0. The molecule has 1 saturated heterocycles. The summed E-state index contributed by atoms with van der Waals surface area (Å²) in [5.41, 5.74) is 0. The largest absolute Gasteiger partial charge is 0.298 e. The highest BCUT2D eigenvalue weighted by molar-refractivity contribution is 9.09. The molecule has 1 aliphatic heterocycles. The molecular formula is C14H24BrNO. The molecule has 98 valence electrons. The maximum absolute atomic E-state index is 12.2. The molecule has 2 rings (SSSR count). The molecule has 1 aliphatic carbocycles. The van der Waals surface area contributed by atoms with Crippen LogP contribution in [0.15, 0.2) is 0 Å². The summed E-state index contributed by atoms with van der Waals surface area (Å²) in [4.78, 5) is 15.2. The Kier molecular flexibility index (Phi) is 5.04. The predicted molar refractivity (Wildman–Crippen MR) is 74.5 cm³/mol. The molecular weight excluding hydrogens is 278 g/mol. The summed E-state index contributed by atoms with van der Waals surface area (Å²) in [6.07, 6.45) is 7.14. The van der Waals surface area contributed by atoms with Crippen molar-refractivity contribution in [2.24, 2.45) is 11.8 Å². The first-order chi connectivity index (χ1) is 8.15. The molecule has 0 amide bonds. The lowest BCUT2D eigenvalue weighted by atomic mass is 9.85. The molecule has 2 fully saturated rings. The maximum atomic E-state index is 12.2. The van der Waals surface area contributed by atoms with Gasteiger partial charge in [-0.1, -0.05) is 22.9 Å². The highest BCUT2D eigenvalue weighted by Crippen LogP contribution is 2.29.